The van der Waals surface area contributed by atoms with Crippen LogP contribution in [0.15, 0.2) is 12.2 Å². The normalized spacial score (nSPS) is 47.9. The summed E-state index contributed by atoms with van der Waals surface area (Å²) in [7, 11) is 0. The molecule has 0 N–H and O–H groups in total. The fourth-order valence-electron chi connectivity index (χ4n) is 1.74. The summed E-state index contributed by atoms with van der Waals surface area (Å²) in [5.74, 6) is 2.00. The first-order valence-corrected chi connectivity index (χ1v) is 4.60. The van der Waals surface area contributed by atoms with E-state index >= 15 is 0 Å². The highest BCUT2D eigenvalue weighted by Crippen LogP contribution is 2.51. The minimum Gasteiger partial charge on any atom is -0.0885 e. The highest BCUT2D eigenvalue weighted by molar-refractivity contribution is 9.09. The van der Waals surface area contributed by atoms with Crippen LogP contribution in [0.2, 0.25) is 0 Å². The molecule has 0 heterocycles. The van der Waals surface area contributed by atoms with E-state index in [1.54, 1.807) is 0 Å². The highest BCUT2D eigenvalue weighted by atomic mass is 79.9. The van der Waals surface area contributed by atoms with Gasteiger partial charge in [0.05, 0.1) is 0 Å². The lowest BCUT2D eigenvalue weighted by molar-refractivity contribution is 0.676. The van der Waals surface area contributed by atoms with Gasteiger partial charge in [0, 0.05) is 4.83 Å². The molecular formula is C8H11Br. The van der Waals surface area contributed by atoms with Crippen LogP contribution >= 0.6 is 15.9 Å². The van der Waals surface area contributed by atoms with Gasteiger partial charge in [0.15, 0.2) is 0 Å². The Morgan fingerprint density at radius 1 is 1.22 bits per heavy atom. The van der Waals surface area contributed by atoms with E-state index in [4.69, 9.17) is 0 Å². The van der Waals surface area contributed by atoms with Gasteiger partial charge in [-0.2, -0.15) is 0 Å². The number of alkyl halides is 1. The largest absolute Gasteiger partial charge is 0.0885 e. The van der Waals surface area contributed by atoms with E-state index in [1.807, 2.05) is 0 Å². The molecule has 2 rings (SSSR count). The fourth-order valence-corrected chi connectivity index (χ4v) is 2.82. The van der Waals surface area contributed by atoms with E-state index < -0.39 is 0 Å². The van der Waals surface area contributed by atoms with Gasteiger partial charge in [0.1, 0.15) is 0 Å². The van der Waals surface area contributed by atoms with Gasteiger partial charge in [-0.25, -0.2) is 0 Å². The quantitative estimate of drug-likeness (QED) is 0.404. The second-order valence-corrected chi connectivity index (χ2v) is 4.11. The average molecular weight is 187 g/mol. The van der Waals surface area contributed by atoms with Crippen molar-refractivity contribution in [2.24, 2.45) is 11.8 Å². The fraction of sp³-hybridized carbons (Fsp3) is 0.750. The number of hydrogen-bond donors (Lipinski definition) is 0. The van der Waals surface area contributed by atoms with Crippen LogP contribution < -0.4 is 0 Å². The molecule has 0 aromatic rings. The van der Waals surface area contributed by atoms with Crippen molar-refractivity contribution in [2.75, 3.05) is 0 Å². The number of rotatable bonds is 0. The Balaban J connectivity index is 2.01. The molecule has 0 nitrogen and oxygen atoms in total. The van der Waals surface area contributed by atoms with Gasteiger partial charge in [0.25, 0.3) is 0 Å². The average Bonchev–Trinajstić information content (AvgIpc) is 2.51. The number of allylic oxidation sites excluding steroid dienone is 2. The van der Waals surface area contributed by atoms with E-state index in [2.05, 4.69) is 28.1 Å². The smallest absolute Gasteiger partial charge is 0.0211 e. The predicted octanol–water partition coefficient (Wildman–Crippen LogP) is 2.74. The minimum atomic E-state index is 0.863. The van der Waals surface area contributed by atoms with Gasteiger partial charge in [-0.3, -0.25) is 0 Å². The van der Waals surface area contributed by atoms with E-state index in [0.29, 0.717) is 0 Å². The summed E-state index contributed by atoms with van der Waals surface area (Å²) in [5, 5.41) is 0. The van der Waals surface area contributed by atoms with Crippen LogP contribution in [0.4, 0.5) is 0 Å². The SMILES string of the molecule is BrC1[C@H]2CC=CCC[C@@H]12. The lowest BCUT2D eigenvalue weighted by Crippen LogP contribution is -1.76. The maximum Gasteiger partial charge on any atom is 0.0211 e. The van der Waals surface area contributed by atoms with E-state index in [-0.39, 0.29) is 0 Å². The van der Waals surface area contributed by atoms with Crippen molar-refractivity contribution in [3.05, 3.63) is 12.2 Å². The molecule has 3 atom stereocenters. The molecule has 1 unspecified atom stereocenters. The lowest BCUT2D eigenvalue weighted by atomic mass is 10.2. The summed E-state index contributed by atoms with van der Waals surface area (Å²) in [4.78, 5) is 0.863. The Bertz CT molecular complexity index is 140. The Morgan fingerprint density at radius 2 is 2.11 bits per heavy atom. The topological polar surface area (TPSA) is 0 Å². The third-order valence-electron chi connectivity index (χ3n) is 2.47. The number of fused-ring (bicyclic) bond motifs is 1. The van der Waals surface area contributed by atoms with Crippen LogP contribution in [0, 0.1) is 11.8 Å². The maximum absolute atomic E-state index is 3.68. The molecule has 0 amide bonds. The monoisotopic (exact) mass is 186 g/mol. The van der Waals surface area contributed by atoms with Crippen molar-refractivity contribution in [2.45, 2.75) is 24.1 Å². The molecular weight excluding hydrogens is 176 g/mol. The third-order valence-corrected chi connectivity index (χ3v) is 3.83. The van der Waals surface area contributed by atoms with E-state index in [0.717, 1.165) is 16.7 Å². The molecule has 0 aromatic heterocycles. The second-order valence-electron chi connectivity index (χ2n) is 3.06. The zero-order valence-corrected chi connectivity index (χ0v) is 6.97. The van der Waals surface area contributed by atoms with Crippen LogP contribution in [0.5, 0.6) is 0 Å². The van der Waals surface area contributed by atoms with Crippen molar-refractivity contribution >= 4 is 15.9 Å². The first kappa shape index (κ1) is 5.96. The van der Waals surface area contributed by atoms with Gasteiger partial charge in [-0.05, 0) is 31.1 Å². The summed E-state index contributed by atoms with van der Waals surface area (Å²) in [6.45, 7) is 0. The van der Waals surface area contributed by atoms with Crippen molar-refractivity contribution < 1.29 is 0 Å². The van der Waals surface area contributed by atoms with Crippen LogP contribution in [0.3, 0.4) is 0 Å². The lowest BCUT2D eigenvalue weighted by Gasteiger charge is -1.87. The Hall–Kier alpha value is 0.220. The molecule has 0 bridgehead atoms. The zero-order valence-electron chi connectivity index (χ0n) is 5.39. The summed E-state index contributed by atoms with van der Waals surface area (Å²) in [6.07, 6.45) is 8.71. The van der Waals surface area contributed by atoms with Crippen LogP contribution in [0.1, 0.15) is 19.3 Å². The standard InChI is InChI=1S/C8H11Br/c9-8-6-4-2-1-3-5-7(6)8/h1-2,6-8H,3-5H2/t6-,7+,8?/m0/s1. The molecule has 0 saturated heterocycles. The number of hydrogen-bond acceptors (Lipinski definition) is 0. The molecule has 50 valence electrons. The van der Waals surface area contributed by atoms with Crippen molar-refractivity contribution in [3.63, 3.8) is 0 Å². The second kappa shape index (κ2) is 2.12. The van der Waals surface area contributed by atoms with Crippen LogP contribution in [0.25, 0.3) is 0 Å². The van der Waals surface area contributed by atoms with Crippen LogP contribution in [-0.2, 0) is 0 Å². The molecule has 0 aliphatic heterocycles. The van der Waals surface area contributed by atoms with E-state index in [9.17, 15) is 0 Å². The third kappa shape index (κ3) is 0.958. The summed E-state index contributed by atoms with van der Waals surface area (Å²) in [6, 6.07) is 0. The molecule has 0 spiro atoms. The first-order chi connectivity index (χ1) is 4.39. The molecule has 9 heavy (non-hydrogen) atoms. The van der Waals surface area contributed by atoms with Gasteiger partial charge < -0.3 is 0 Å². The van der Waals surface area contributed by atoms with Gasteiger partial charge in [-0.1, -0.05) is 28.1 Å². The Labute approximate surface area is 64.5 Å². The zero-order chi connectivity index (χ0) is 6.27. The molecule has 2 aliphatic rings. The van der Waals surface area contributed by atoms with Gasteiger partial charge in [0.2, 0.25) is 0 Å². The predicted molar refractivity (Wildman–Crippen MR) is 42.7 cm³/mol. The summed E-state index contributed by atoms with van der Waals surface area (Å²) >= 11 is 3.68. The highest BCUT2D eigenvalue weighted by Gasteiger charge is 2.46. The molecule has 2 aliphatic carbocycles. The Kier molecular flexibility index (Phi) is 1.40. The van der Waals surface area contributed by atoms with Crippen molar-refractivity contribution in [1.29, 1.82) is 0 Å². The first-order valence-electron chi connectivity index (χ1n) is 3.68. The van der Waals surface area contributed by atoms with Crippen molar-refractivity contribution in [3.8, 4) is 0 Å². The molecule has 1 fully saturated rings. The minimum absolute atomic E-state index is 0.863. The molecule has 1 saturated carbocycles. The molecule has 0 aromatic carbocycles. The maximum atomic E-state index is 3.68. The molecule has 0 radical (unpaired) electrons. The van der Waals surface area contributed by atoms with Crippen molar-refractivity contribution in [1.82, 2.24) is 0 Å². The molecule has 1 heteroatoms. The van der Waals surface area contributed by atoms with Crippen LogP contribution in [-0.4, -0.2) is 4.83 Å². The Morgan fingerprint density at radius 3 is 3.00 bits per heavy atom. The van der Waals surface area contributed by atoms with Gasteiger partial charge in [-0.15, -0.1) is 0 Å². The summed E-state index contributed by atoms with van der Waals surface area (Å²) < 4.78 is 0. The summed E-state index contributed by atoms with van der Waals surface area (Å²) in [5.41, 5.74) is 0. The number of halogens is 1. The van der Waals surface area contributed by atoms with Gasteiger partial charge >= 0.3 is 0 Å². The van der Waals surface area contributed by atoms with E-state index in [1.165, 1.54) is 19.3 Å².